The summed E-state index contributed by atoms with van der Waals surface area (Å²) in [6.07, 6.45) is 5.15. The summed E-state index contributed by atoms with van der Waals surface area (Å²) < 4.78 is 23.6. The Kier molecular flexibility index (Phi) is 3.81. The van der Waals surface area contributed by atoms with Crippen LogP contribution >= 0.6 is 22.9 Å². The Morgan fingerprint density at radius 1 is 1.50 bits per heavy atom. The summed E-state index contributed by atoms with van der Waals surface area (Å²) in [5, 5.41) is 0. The van der Waals surface area contributed by atoms with E-state index in [4.69, 9.17) is 16.4 Å². The molecule has 0 radical (unpaired) electrons. The number of aromatic nitrogens is 1. The number of sulfonamides is 1. The highest BCUT2D eigenvalue weighted by Crippen LogP contribution is 2.24. The second-order valence-electron chi connectivity index (χ2n) is 3.54. The van der Waals surface area contributed by atoms with E-state index >= 15 is 0 Å². The van der Waals surface area contributed by atoms with Gasteiger partial charge in [0.1, 0.15) is 0 Å². The van der Waals surface area contributed by atoms with Crippen LogP contribution in [0.4, 0.5) is 0 Å². The Balaban J connectivity index is 1.97. The van der Waals surface area contributed by atoms with Crippen molar-refractivity contribution in [1.82, 2.24) is 9.87 Å². The zero-order valence-corrected chi connectivity index (χ0v) is 10.7. The van der Waals surface area contributed by atoms with E-state index in [1.165, 1.54) is 6.20 Å². The molecule has 0 saturated heterocycles. The van der Waals surface area contributed by atoms with Crippen LogP contribution in [0.15, 0.2) is 10.4 Å². The first-order valence-corrected chi connectivity index (χ1v) is 7.54. The van der Waals surface area contributed by atoms with Crippen LogP contribution in [0, 0.1) is 0 Å². The van der Waals surface area contributed by atoms with E-state index in [9.17, 15) is 8.42 Å². The number of rotatable bonds is 4. The lowest BCUT2D eigenvalue weighted by atomic mass is 10.3. The largest absolute Gasteiger partial charge is 0.284 e. The Labute approximate surface area is 103 Å². The van der Waals surface area contributed by atoms with Gasteiger partial charge in [0.05, 0.1) is 12.3 Å². The van der Waals surface area contributed by atoms with Crippen molar-refractivity contribution >= 4 is 33.0 Å². The molecule has 0 spiro atoms. The Bertz CT molecular complexity index is 454. The minimum atomic E-state index is -3.63. The average Bonchev–Trinajstić information content (AvgIpc) is 2.85. The fraction of sp³-hybridized carbons (Fsp3) is 0.625. The first-order chi connectivity index (χ1) is 7.58. The van der Waals surface area contributed by atoms with E-state index in [0.29, 0.717) is 0 Å². The van der Waals surface area contributed by atoms with Crippen LogP contribution in [-0.2, 0) is 14.9 Å². The van der Waals surface area contributed by atoms with Gasteiger partial charge in [-0.2, -0.15) is 0 Å². The van der Waals surface area contributed by atoms with Crippen molar-refractivity contribution in [2.45, 2.75) is 36.0 Å². The molecule has 1 aliphatic rings. The van der Waals surface area contributed by atoms with E-state index in [2.05, 4.69) is 9.87 Å². The molecule has 0 bridgehead atoms. The summed E-state index contributed by atoms with van der Waals surface area (Å²) in [5.41, 5.74) is 0. The molecule has 90 valence electrons. The normalized spacial score (nSPS) is 18.1. The third-order valence-corrected chi connectivity index (χ3v) is 5.12. The molecule has 0 aliphatic heterocycles. The predicted octanol–water partition coefficient (Wildman–Crippen LogP) is 1.95. The maximum Gasteiger partial charge on any atom is 0.273 e. The molecular weight excluding hydrogens is 272 g/mol. The van der Waals surface area contributed by atoms with Crippen LogP contribution in [0.2, 0.25) is 4.47 Å². The predicted molar refractivity (Wildman–Crippen MR) is 60.8 cm³/mol. The molecule has 1 aromatic heterocycles. The number of hydrogen-bond donors (Lipinski definition) is 1. The number of nitrogens with one attached hydrogen (secondary N) is 1. The Hall–Kier alpha value is -0.210. The van der Waals surface area contributed by atoms with Gasteiger partial charge in [0.25, 0.3) is 10.0 Å². The van der Waals surface area contributed by atoms with E-state index in [-0.39, 0.29) is 14.8 Å². The van der Waals surface area contributed by atoms with Crippen molar-refractivity contribution in [1.29, 1.82) is 0 Å². The zero-order chi connectivity index (χ0) is 11.6. The second-order valence-corrected chi connectivity index (χ2v) is 7.03. The molecule has 0 amide bonds. The summed E-state index contributed by atoms with van der Waals surface area (Å²) in [4.78, 5) is 10.9. The highest BCUT2D eigenvalue weighted by molar-refractivity contribution is 7.91. The Morgan fingerprint density at radius 3 is 2.75 bits per heavy atom. The molecule has 8 heteroatoms. The molecule has 0 aromatic carbocycles. The van der Waals surface area contributed by atoms with E-state index in [1.807, 2.05) is 0 Å². The molecule has 1 N–H and O–H groups in total. The number of hydrogen-bond acceptors (Lipinski definition) is 5. The van der Waals surface area contributed by atoms with Crippen molar-refractivity contribution in [3.8, 4) is 0 Å². The van der Waals surface area contributed by atoms with E-state index < -0.39 is 10.0 Å². The molecule has 2 rings (SSSR count). The van der Waals surface area contributed by atoms with Gasteiger partial charge in [-0.1, -0.05) is 40.7 Å². The van der Waals surface area contributed by atoms with Gasteiger partial charge in [0.15, 0.2) is 8.68 Å². The summed E-state index contributed by atoms with van der Waals surface area (Å²) in [5.74, 6) is 0. The van der Waals surface area contributed by atoms with Crippen LogP contribution in [0.3, 0.4) is 0 Å². The van der Waals surface area contributed by atoms with Gasteiger partial charge in [-0.3, -0.25) is 4.84 Å². The fourth-order valence-corrected chi connectivity index (χ4v) is 3.67. The van der Waals surface area contributed by atoms with Crippen molar-refractivity contribution in [3.05, 3.63) is 10.7 Å². The molecule has 0 atom stereocenters. The monoisotopic (exact) mass is 282 g/mol. The summed E-state index contributed by atoms with van der Waals surface area (Å²) in [6.45, 7) is 0. The van der Waals surface area contributed by atoms with Crippen LogP contribution in [0.1, 0.15) is 25.7 Å². The molecule has 1 aromatic rings. The zero-order valence-electron chi connectivity index (χ0n) is 8.35. The lowest BCUT2D eigenvalue weighted by molar-refractivity contribution is 0.0224. The van der Waals surface area contributed by atoms with Gasteiger partial charge in [-0.15, -0.1) is 0 Å². The van der Waals surface area contributed by atoms with Crippen LogP contribution < -0.4 is 4.89 Å². The summed E-state index contributed by atoms with van der Waals surface area (Å²) in [6, 6.07) is 0. The first kappa shape index (κ1) is 12.3. The summed E-state index contributed by atoms with van der Waals surface area (Å²) in [7, 11) is -3.63. The third-order valence-electron chi connectivity index (χ3n) is 2.35. The smallest absolute Gasteiger partial charge is 0.273 e. The van der Waals surface area contributed by atoms with Gasteiger partial charge in [0, 0.05) is 0 Å². The van der Waals surface area contributed by atoms with E-state index in [1.54, 1.807) is 0 Å². The molecule has 1 saturated carbocycles. The molecule has 1 fully saturated rings. The van der Waals surface area contributed by atoms with Crippen molar-refractivity contribution in [3.63, 3.8) is 0 Å². The molecule has 5 nitrogen and oxygen atoms in total. The van der Waals surface area contributed by atoms with Gasteiger partial charge >= 0.3 is 0 Å². The van der Waals surface area contributed by atoms with Crippen molar-refractivity contribution in [2.75, 3.05) is 0 Å². The standard InChI is InChI=1S/C8H11ClN2O3S2/c9-8-10-5-7(15-8)16(12,13)11-14-6-3-1-2-4-6/h5-6,11H,1-4H2. The number of nitrogens with zero attached hydrogens (tertiary/aromatic N) is 1. The molecule has 1 aliphatic carbocycles. The summed E-state index contributed by atoms with van der Waals surface area (Å²) >= 11 is 6.47. The molecule has 16 heavy (non-hydrogen) atoms. The molecular formula is C8H11ClN2O3S2. The van der Waals surface area contributed by atoms with Crippen LogP contribution in [-0.4, -0.2) is 19.5 Å². The van der Waals surface area contributed by atoms with Crippen molar-refractivity contribution < 1.29 is 13.3 Å². The maximum atomic E-state index is 11.7. The SMILES string of the molecule is O=S(=O)(NOC1CCCC1)c1cnc(Cl)s1. The number of thiazole rings is 1. The average molecular weight is 283 g/mol. The highest BCUT2D eigenvalue weighted by atomic mass is 35.5. The number of halogens is 1. The van der Waals surface area contributed by atoms with E-state index in [0.717, 1.165) is 37.0 Å². The second kappa shape index (κ2) is 4.97. The van der Waals surface area contributed by atoms with Gasteiger partial charge in [0.2, 0.25) is 0 Å². The van der Waals surface area contributed by atoms with Gasteiger partial charge < -0.3 is 0 Å². The minimum Gasteiger partial charge on any atom is -0.284 e. The lowest BCUT2D eigenvalue weighted by Gasteiger charge is -2.10. The molecule has 0 unspecified atom stereocenters. The van der Waals surface area contributed by atoms with Gasteiger partial charge in [-0.05, 0) is 12.8 Å². The fourth-order valence-electron chi connectivity index (χ4n) is 1.54. The quantitative estimate of drug-likeness (QED) is 0.857. The van der Waals surface area contributed by atoms with Crippen LogP contribution in [0.25, 0.3) is 0 Å². The maximum absolute atomic E-state index is 11.7. The van der Waals surface area contributed by atoms with Crippen LogP contribution in [0.5, 0.6) is 0 Å². The lowest BCUT2D eigenvalue weighted by Crippen LogP contribution is -2.27. The van der Waals surface area contributed by atoms with Gasteiger partial charge in [-0.25, -0.2) is 13.4 Å². The Morgan fingerprint density at radius 2 is 2.19 bits per heavy atom. The minimum absolute atomic E-state index is 0.0156. The molecule has 1 heterocycles. The van der Waals surface area contributed by atoms with Crippen molar-refractivity contribution in [2.24, 2.45) is 0 Å². The topological polar surface area (TPSA) is 68.3 Å². The first-order valence-electron chi connectivity index (χ1n) is 4.87. The third kappa shape index (κ3) is 2.92. The highest BCUT2D eigenvalue weighted by Gasteiger charge is 2.22.